The summed E-state index contributed by atoms with van der Waals surface area (Å²) in [4.78, 5) is 74.5. The molecule has 0 bridgehead atoms. The van der Waals surface area contributed by atoms with Crippen molar-refractivity contribution in [3.63, 3.8) is 0 Å². The summed E-state index contributed by atoms with van der Waals surface area (Å²) in [6, 6.07) is 18.6. The Bertz CT molecular complexity index is 2410. The Morgan fingerprint density at radius 3 is 2.33 bits per heavy atom. The van der Waals surface area contributed by atoms with Crippen LogP contribution in [0.5, 0.6) is 5.75 Å². The number of halogens is 5. The van der Waals surface area contributed by atoms with Crippen molar-refractivity contribution in [2.75, 3.05) is 23.5 Å². The molecule has 2 saturated heterocycles. The molecule has 4 aromatic rings. The number of hydrogen-bond donors (Lipinski definition) is 2. The minimum atomic E-state index is -4.78. The number of anilines is 2. The smallest absolute Gasteiger partial charge is 0.417 e. The molecular formula is C40H30Cl2F3N5O8. The number of allylic oxidation sites excluding steroid dienone is 2. The Kier molecular flexibility index (Phi) is 9.76. The molecule has 8 rings (SSSR count). The number of aliphatic hydroxyl groups excluding tert-OH is 1. The zero-order valence-corrected chi connectivity index (χ0v) is 31.4. The zero-order valence-electron chi connectivity index (χ0n) is 29.9. The van der Waals surface area contributed by atoms with Gasteiger partial charge in [0, 0.05) is 34.8 Å². The number of ether oxygens (including phenoxy) is 1. The van der Waals surface area contributed by atoms with Gasteiger partial charge < -0.3 is 9.84 Å². The largest absolute Gasteiger partial charge is 0.491 e. The third-order valence-electron chi connectivity index (χ3n) is 11.5. The first-order chi connectivity index (χ1) is 27.7. The molecule has 3 fully saturated rings. The van der Waals surface area contributed by atoms with E-state index >= 15 is 4.79 Å². The predicted octanol–water partition coefficient (Wildman–Crippen LogP) is 6.88. The predicted molar refractivity (Wildman–Crippen MR) is 201 cm³/mol. The molecule has 3 heterocycles. The van der Waals surface area contributed by atoms with Gasteiger partial charge in [0.15, 0.2) is 5.82 Å². The number of benzene rings is 3. The Morgan fingerprint density at radius 2 is 1.67 bits per heavy atom. The summed E-state index contributed by atoms with van der Waals surface area (Å²) in [5.41, 5.74) is 0.842. The van der Waals surface area contributed by atoms with Gasteiger partial charge >= 0.3 is 6.18 Å². The number of alkyl halides is 3. The van der Waals surface area contributed by atoms with E-state index in [4.69, 9.17) is 27.9 Å². The molecule has 2 N–H and O–H groups in total. The lowest BCUT2D eigenvalue weighted by atomic mass is 9.49. The number of hydrogen-bond acceptors (Lipinski definition) is 10. The number of pyridine rings is 1. The summed E-state index contributed by atoms with van der Waals surface area (Å²) in [6.07, 6.45) is -2.53. The highest BCUT2D eigenvalue weighted by atomic mass is 35.5. The van der Waals surface area contributed by atoms with Crippen LogP contribution in [0.15, 0.2) is 96.7 Å². The maximum atomic E-state index is 15.4. The summed E-state index contributed by atoms with van der Waals surface area (Å²) in [5.74, 6) is -7.93. The zero-order chi connectivity index (χ0) is 41.3. The van der Waals surface area contributed by atoms with Crippen LogP contribution in [0, 0.1) is 33.8 Å². The van der Waals surface area contributed by atoms with Crippen molar-refractivity contribution in [2.45, 2.75) is 30.4 Å². The minimum absolute atomic E-state index is 0.0667. The highest BCUT2D eigenvalue weighted by Crippen LogP contribution is 2.65. The van der Waals surface area contributed by atoms with Gasteiger partial charge in [-0.3, -0.25) is 39.6 Å². The fraction of sp³-hybridized carbons (Fsp3) is 0.275. The molecule has 3 aromatic carbocycles. The molecule has 6 atom stereocenters. The monoisotopic (exact) mass is 835 g/mol. The first-order valence-corrected chi connectivity index (χ1v) is 18.7. The van der Waals surface area contributed by atoms with Gasteiger partial charge in [-0.15, -0.1) is 0 Å². The quantitative estimate of drug-likeness (QED) is 0.0784. The van der Waals surface area contributed by atoms with Crippen molar-refractivity contribution >= 4 is 64.0 Å². The molecule has 298 valence electrons. The number of nitro groups is 1. The van der Waals surface area contributed by atoms with E-state index in [0.717, 1.165) is 4.90 Å². The highest BCUT2D eigenvalue weighted by molar-refractivity contribution is 6.33. The van der Waals surface area contributed by atoms with Crippen LogP contribution in [-0.2, 0) is 30.8 Å². The molecule has 2 aliphatic carbocycles. The topological polar surface area (TPSA) is 172 Å². The Labute approximate surface area is 337 Å². The molecule has 0 spiro atoms. The Balaban J connectivity index is 1.31. The van der Waals surface area contributed by atoms with Gasteiger partial charge in [0.25, 0.3) is 17.5 Å². The van der Waals surface area contributed by atoms with Crippen LogP contribution in [0.25, 0.3) is 0 Å². The maximum Gasteiger partial charge on any atom is 0.417 e. The molecule has 4 amide bonds. The number of nitrogens with one attached hydrogen (secondary N) is 1. The fourth-order valence-electron chi connectivity index (χ4n) is 9.11. The van der Waals surface area contributed by atoms with Crippen LogP contribution in [0.4, 0.5) is 30.4 Å². The Hall–Kier alpha value is -5.84. The first kappa shape index (κ1) is 39.0. The van der Waals surface area contributed by atoms with Gasteiger partial charge in [0.2, 0.25) is 11.8 Å². The summed E-state index contributed by atoms with van der Waals surface area (Å²) in [6.45, 7) is -0.492. The van der Waals surface area contributed by atoms with Gasteiger partial charge in [0.1, 0.15) is 12.4 Å². The first-order valence-electron chi connectivity index (χ1n) is 18.0. The fourth-order valence-corrected chi connectivity index (χ4v) is 9.45. The number of fused-ring (bicyclic) bond motifs is 4. The summed E-state index contributed by atoms with van der Waals surface area (Å²) >= 11 is 12.6. The molecule has 1 aromatic heterocycles. The van der Waals surface area contributed by atoms with Crippen molar-refractivity contribution in [3.05, 3.63) is 134 Å². The van der Waals surface area contributed by atoms with E-state index in [1.54, 1.807) is 54.6 Å². The van der Waals surface area contributed by atoms with E-state index in [1.807, 2.05) is 0 Å². The molecule has 58 heavy (non-hydrogen) atoms. The molecule has 13 nitrogen and oxygen atoms in total. The minimum Gasteiger partial charge on any atom is -0.491 e. The maximum absolute atomic E-state index is 15.4. The second-order valence-corrected chi connectivity index (χ2v) is 15.2. The lowest BCUT2D eigenvalue weighted by molar-refractivity contribution is -0.384. The normalized spacial score (nSPS) is 25.3. The molecular weight excluding hydrogens is 806 g/mol. The second-order valence-electron chi connectivity index (χ2n) is 14.3. The van der Waals surface area contributed by atoms with E-state index in [1.165, 1.54) is 24.3 Å². The van der Waals surface area contributed by atoms with E-state index in [-0.39, 0.29) is 43.2 Å². The average molecular weight is 837 g/mol. The van der Waals surface area contributed by atoms with Gasteiger partial charge in [0.05, 0.1) is 51.0 Å². The molecule has 0 unspecified atom stereocenters. The van der Waals surface area contributed by atoms with Gasteiger partial charge in [-0.05, 0) is 60.7 Å². The molecule has 2 aliphatic heterocycles. The standard InChI is InChI=1S/C40H30Cl2F3N5O8/c41-22-7-5-20(6-8-22)39-29(36(53)49(38(39)55)47-34-30(42)17-21(19-46-34)40(43,44)45)18-28-25(33(39)26-3-1-2-4-31(26)58-16-15-51)13-14-27-32(28)37(54)48(35(27)52)23-9-11-24(12-10-23)50(56)57/h1-13,17,19,27-29,32-33,51H,14-16,18H2,(H,46,47)/t27-,28+,29-,32-,33+,39+/m0/s1. The Morgan fingerprint density at radius 1 is 0.966 bits per heavy atom. The van der Waals surface area contributed by atoms with Crippen molar-refractivity contribution in [2.24, 2.45) is 23.7 Å². The second kappa shape index (κ2) is 14.5. The van der Waals surface area contributed by atoms with Crippen molar-refractivity contribution < 1.29 is 47.1 Å². The van der Waals surface area contributed by atoms with Crippen LogP contribution in [0.3, 0.4) is 0 Å². The van der Waals surface area contributed by atoms with E-state index < -0.39 is 86.1 Å². The number of aromatic nitrogens is 1. The molecule has 18 heteroatoms. The number of rotatable bonds is 9. The van der Waals surface area contributed by atoms with Crippen LogP contribution in [0.2, 0.25) is 10.0 Å². The summed E-state index contributed by atoms with van der Waals surface area (Å²) in [5, 5.41) is 21.6. The lowest BCUT2D eigenvalue weighted by Gasteiger charge is -2.50. The van der Waals surface area contributed by atoms with Crippen LogP contribution < -0.4 is 15.1 Å². The van der Waals surface area contributed by atoms with Crippen molar-refractivity contribution in [1.82, 2.24) is 9.99 Å². The number of carbonyl (C=O) groups is 4. The third kappa shape index (κ3) is 6.08. The highest BCUT2D eigenvalue weighted by Gasteiger charge is 2.70. The van der Waals surface area contributed by atoms with Crippen LogP contribution >= 0.6 is 23.2 Å². The van der Waals surface area contributed by atoms with Gasteiger partial charge in [-0.2, -0.15) is 18.2 Å². The van der Waals surface area contributed by atoms with Crippen molar-refractivity contribution in [1.29, 1.82) is 0 Å². The van der Waals surface area contributed by atoms with Crippen LogP contribution in [-0.4, -0.2) is 56.9 Å². The number of para-hydroxylation sites is 1. The summed E-state index contributed by atoms with van der Waals surface area (Å²) in [7, 11) is 0. The number of hydrazine groups is 1. The van der Waals surface area contributed by atoms with E-state index in [0.29, 0.717) is 39.0 Å². The number of nitrogens with zero attached hydrogens (tertiary/aromatic N) is 4. The molecule has 0 radical (unpaired) electrons. The van der Waals surface area contributed by atoms with Crippen molar-refractivity contribution in [3.8, 4) is 5.75 Å². The van der Waals surface area contributed by atoms with Crippen LogP contribution in [0.1, 0.15) is 35.4 Å². The molecule has 4 aliphatic rings. The SMILES string of the molecule is O=C1[C@@H]2C[C@@H]3C(=CC[C@@H]4C(=O)N(c5ccc([N+](=O)[O-])cc5)C(=O)[C@@H]43)[C@H](c3ccccc3OCCO)[C@]2(c2ccc(Cl)cc2)C(=O)N1Nc1ncc(C(F)(F)F)cc1Cl. The number of imide groups is 2. The third-order valence-corrected chi connectivity index (χ3v) is 12.0. The summed E-state index contributed by atoms with van der Waals surface area (Å²) < 4.78 is 46.6. The average Bonchev–Trinajstić information content (AvgIpc) is 3.58. The van der Waals surface area contributed by atoms with Gasteiger partial charge in [-0.1, -0.05) is 65.2 Å². The number of amides is 4. The van der Waals surface area contributed by atoms with E-state index in [2.05, 4.69) is 10.4 Å². The lowest BCUT2D eigenvalue weighted by Crippen LogP contribution is -2.53. The number of carbonyl (C=O) groups excluding carboxylic acids is 4. The molecule has 1 saturated carbocycles. The number of non-ortho nitro benzene ring substituents is 1. The number of aliphatic hydroxyl groups is 1. The van der Waals surface area contributed by atoms with E-state index in [9.17, 15) is 42.8 Å². The number of nitro benzene ring substituents is 1. The van der Waals surface area contributed by atoms with Gasteiger partial charge in [-0.25, -0.2) is 4.98 Å².